The maximum absolute atomic E-state index is 11.1. The van der Waals surface area contributed by atoms with E-state index in [1.165, 1.54) is 19.3 Å². The largest absolute Gasteiger partial charge is 0.481 e. The highest BCUT2D eigenvalue weighted by molar-refractivity contribution is 5.71. The molecule has 14 heavy (non-hydrogen) atoms. The van der Waals surface area contributed by atoms with Crippen LogP contribution in [-0.4, -0.2) is 35.1 Å². The molecule has 0 radical (unpaired) electrons. The first-order valence-electron chi connectivity index (χ1n) is 5.76. The Hall–Kier alpha value is -0.570. The molecule has 2 aliphatic rings. The third-order valence-electron chi connectivity index (χ3n) is 3.66. The Kier molecular flexibility index (Phi) is 3.06. The standard InChI is InChI=1S/C11H19NO2/c13-11(14)9-5-1-2-6-10(9)12-7-3-4-8-12/h9-10H,1-8H2,(H,13,14)/t9-,10+/m1/s1. The molecule has 2 fully saturated rings. The van der Waals surface area contributed by atoms with Crippen LogP contribution < -0.4 is 0 Å². The lowest BCUT2D eigenvalue weighted by molar-refractivity contribution is -0.145. The maximum Gasteiger partial charge on any atom is 0.308 e. The molecule has 0 unspecified atom stereocenters. The summed E-state index contributed by atoms with van der Waals surface area (Å²) in [6.07, 6.45) is 6.80. The second-order valence-electron chi connectivity index (χ2n) is 4.54. The van der Waals surface area contributed by atoms with Crippen LogP contribution in [0.1, 0.15) is 38.5 Å². The molecule has 1 aliphatic heterocycles. The van der Waals surface area contributed by atoms with E-state index in [0.29, 0.717) is 6.04 Å². The molecule has 0 aromatic heterocycles. The summed E-state index contributed by atoms with van der Waals surface area (Å²) >= 11 is 0. The van der Waals surface area contributed by atoms with Crippen LogP contribution in [0, 0.1) is 5.92 Å². The molecule has 80 valence electrons. The summed E-state index contributed by atoms with van der Waals surface area (Å²) in [6.45, 7) is 2.24. The zero-order valence-corrected chi connectivity index (χ0v) is 8.61. The fourth-order valence-corrected chi connectivity index (χ4v) is 2.91. The Morgan fingerprint density at radius 1 is 1.07 bits per heavy atom. The first-order chi connectivity index (χ1) is 6.79. The second-order valence-corrected chi connectivity index (χ2v) is 4.54. The van der Waals surface area contributed by atoms with Gasteiger partial charge in [0.2, 0.25) is 0 Å². The molecule has 0 aromatic rings. The maximum atomic E-state index is 11.1. The second kappa shape index (κ2) is 4.30. The fourth-order valence-electron chi connectivity index (χ4n) is 2.91. The Bertz CT molecular complexity index is 211. The fraction of sp³-hybridized carbons (Fsp3) is 0.909. The number of carbonyl (C=O) groups is 1. The van der Waals surface area contributed by atoms with Crippen molar-refractivity contribution in [1.82, 2.24) is 4.90 Å². The lowest BCUT2D eigenvalue weighted by Gasteiger charge is -2.35. The van der Waals surface area contributed by atoms with E-state index in [1.54, 1.807) is 0 Å². The number of aliphatic carboxylic acids is 1. The predicted octanol–water partition coefficient (Wildman–Crippen LogP) is 1.73. The molecular formula is C11H19NO2. The van der Waals surface area contributed by atoms with Crippen LogP contribution in [0.5, 0.6) is 0 Å². The minimum absolute atomic E-state index is 0.0955. The molecule has 1 heterocycles. The third kappa shape index (κ3) is 1.92. The smallest absolute Gasteiger partial charge is 0.308 e. The van der Waals surface area contributed by atoms with Gasteiger partial charge in [0.1, 0.15) is 0 Å². The van der Waals surface area contributed by atoms with Crippen LogP contribution in [0.4, 0.5) is 0 Å². The van der Waals surface area contributed by atoms with Gasteiger partial charge in [0.25, 0.3) is 0 Å². The highest BCUT2D eigenvalue weighted by atomic mass is 16.4. The average Bonchev–Trinajstić information content (AvgIpc) is 2.70. The van der Waals surface area contributed by atoms with Crippen LogP contribution in [0.25, 0.3) is 0 Å². The number of carboxylic acids is 1. The molecule has 1 aliphatic carbocycles. The SMILES string of the molecule is O=C(O)[C@@H]1CCCC[C@@H]1N1CCCC1. The summed E-state index contributed by atoms with van der Waals surface area (Å²) in [5.74, 6) is -0.677. The van der Waals surface area contributed by atoms with Crippen molar-refractivity contribution in [1.29, 1.82) is 0 Å². The number of hydrogen-bond donors (Lipinski definition) is 1. The van der Waals surface area contributed by atoms with Gasteiger partial charge in [-0.05, 0) is 38.8 Å². The summed E-state index contributed by atoms with van der Waals surface area (Å²) in [4.78, 5) is 13.5. The Morgan fingerprint density at radius 2 is 1.71 bits per heavy atom. The topological polar surface area (TPSA) is 40.5 Å². The predicted molar refractivity (Wildman–Crippen MR) is 54.2 cm³/mol. The van der Waals surface area contributed by atoms with E-state index in [9.17, 15) is 4.79 Å². The molecule has 0 bridgehead atoms. The van der Waals surface area contributed by atoms with Gasteiger partial charge >= 0.3 is 5.97 Å². The van der Waals surface area contributed by atoms with E-state index in [2.05, 4.69) is 4.90 Å². The van der Waals surface area contributed by atoms with Crippen molar-refractivity contribution in [2.45, 2.75) is 44.6 Å². The highest BCUT2D eigenvalue weighted by Crippen LogP contribution is 2.30. The van der Waals surface area contributed by atoms with Gasteiger partial charge in [-0.3, -0.25) is 9.69 Å². The van der Waals surface area contributed by atoms with Crippen molar-refractivity contribution in [3.05, 3.63) is 0 Å². The van der Waals surface area contributed by atoms with Crippen LogP contribution in [0.15, 0.2) is 0 Å². The van der Waals surface area contributed by atoms with Gasteiger partial charge in [0.15, 0.2) is 0 Å². The van der Waals surface area contributed by atoms with E-state index < -0.39 is 5.97 Å². The highest BCUT2D eigenvalue weighted by Gasteiger charge is 2.35. The van der Waals surface area contributed by atoms with Gasteiger partial charge in [0.05, 0.1) is 5.92 Å². The van der Waals surface area contributed by atoms with Gasteiger partial charge < -0.3 is 5.11 Å². The van der Waals surface area contributed by atoms with E-state index in [-0.39, 0.29) is 5.92 Å². The van der Waals surface area contributed by atoms with Crippen molar-refractivity contribution in [2.24, 2.45) is 5.92 Å². The molecule has 3 heteroatoms. The molecule has 1 saturated heterocycles. The van der Waals surface area contributed by atoms with Crippen LogP contribution in [0.2, 0.25) is 0 Å². The zero-order chi connectivity index (χ0) is 9.97. The zero-order valence-electron chi connectivity index (χ0n) is 8.61. The first-order valence-corrected chi connectivity index (χ1v) is 5.76. The molecule has 0 aromatic carbocycles. The molecule has 1 N–H and O–H groups in total. The quantitative estimate of drug-likeness (QED) is 0.733. The van der Waals surface area contributed by atoms with Crippen LogP contribution >= 0.6 is 0 Å². The van der Waals surface area contributed by atoms with Crippen molar-refractivity contribution < 1.29 is 9.90 Å². The van der Waals surface area contributed by atoms with E-state index >= 15 is 0 Å². The number of rotatable bonds is 2. The van der Waals surface area contributed by atoms with Crippen molar-refractivity contribution in [3.63, 3.8) is 0 Å². The summed E-state index contributed by atoms with van der Waals surface area (Å²) in [5, 5.41) is 9.14. The van der Waals surface area contributed by atoms with E-state index in [1.807, 2.05) is 0 Å². The Morgan fingerprint density at radius 3 is 2.36 bits per heavy atom. The average molecular weight is 197 g/mol. The van der Waals surface area contributed by atoms with Crippen LogP contribution in [0.3, 0.4) is 0 Å². The summed E-state index contributed by atoms with van der Waals surface area (Å²) < 4.78 is 0. The van der Waals surface area contributed by atoms with Gasteiger partial charge in [-0.25, -0.2) is 0 Å². The Labute approximate surface area is 85.1 Å². The van der Waals surface area contributed by atoms with Crippen LogP contribution in [-0.2, 0) is 4.79 Å². The van der Waals surface area contributed by atoms with Crippen molar-refractivity contribution in [2.75, 3.05) is 13.1 Å². The van der Waals surface area contributed by atoms with Gasteiger partial charge in [-0.15, -0.1) is 0 Å². The van der Waals surface area contributed by atoms with Gasteiger partial charge in [0, 0.05) is 6.04 Å². The normalized spacial score (nSPS) is 34.6. The first kappa shape index (κ1) is 9.97. The lowest BCUT2D eigenvalue weighted by atomic mass is 9.84. The van der Waals surface area contributed by atoms with Gasteiger partial charge in [-0.2, -0.15) is 0 Å². The van der Waals surface area contributed by atoms with Crippen molar-refractivity contribution in [3.8, 4) is 0 Å². The molecule has 1 saturated carbocycles. The molecular weight excluding hydrogens is 178 g/mol. The van der Waals surface area contributed by atoms with E-state index in [4.69, 9.17) is 5.11 Å². The molecule has 0 spiro atoms. The number of carboxylic acid groups (broad SMARTS) is 1. The lowest BCUT2D eigenvalue weighted by Crippen LogP contribution is -2.43. The molecule has 2 atom stereocenters. The van der Waals surface area contributed by atoms with Crippen molar-refractivity contribution >= 4 is 5.97 Å². The monoisotopic (exact) mass is 197 g/mol. The molecule has 3 nitrogen and oxygen atoms in total. The molecule has 0 amide bonds. The number of nitrogens with zero attached hydrogens (tertiary/aromatic N) is 1. The van der Waals surface area contributed by atoms with E-state index in [0.717, 1.165) is 32.4 Å². The minimum Gasteiger partial charge on any atom is -0.481 e. The summed E-state index contributed by atoms with van der Waals surface area (Å²) in [5.41, 5.74) is 0. The number of likely N-dealkylation sites (tertiary alicyclic amines) is 1. The Balaban J connectivity index is 2.01. The summed E-state index contributed by atoms with van der Waals surface area (Å²) in [7, 11) is 0. The minimum atomic E-state index is -0.582. The summed E-state index contributed by atoms with van der Waals surface area (Å²) in [6, 6.07) is 0.337. The number of hydrogen-bond acceptors (Lipinski definition) is 2. The molecule has 2 rings (SSSR count). The van der Waals surface area contributed by atoms with Gasteiger partial charge in [-0.1, -0.05) is 12.8 Å². The third-order valence-corrected chi connectivity index (χ3v) is 3.66.